The van der Waals surface area contributed by atoms with Gasteiger partial charge in [0, 0.05) is 13.0 Å². The first-order valence-electron chi connectivity index (χ1n) is 11.1. The molecule has 0 aromatic carbocycles. The molecule has 2 aliphatic rings. The van der Waals surface area contributed by atoms with Crippen LogP contribution in [0, 0.1) is 5.92 Å². The Hall–Kier alpha value is -1.61. The molecule has 2 heterocycles. The number of hydrogen-bond acceptors (Lipinski definition) is 7. The highest BCUT2D eigenvalue weighted by atomic mass is 16.7. The average molecular weight is 439 g/mol. The summed E-state index contributed by atoms with van der Waals surface area (Å²) in [7, 11) is 0.953. The van der Waals surface area contributed by atoms with Gasteiger partial charge in [0.2, 0.25) is 0 Å². The number of ether oxygens (including phenoxy) is 2. The SMILES string of the molecule is COC(=O)C1(CC=O)C(CCCB2OC(C)(C)C(C)(C)O2)CCN1C(=O)OC(C)(C)C. The van der Waals surface area contributed by atoms with Crippen LogP contribution in [-0.2, 0) is 28.4 Å². The van der Waals surface area contributed by atoms with E-state index in [1.807, 2.05) is 27.7 Å². The Bertz CT molecular complexity index is 672. The molecule has 2 aliphatic heterocycles. The van der Waals surface area contributed by atoms with Gasteiger partial charge in [0.15, 0.2) is 5.54 Å². The minimum absolute atomic E-state index is 0.125. The fourth-order valence-electron chi connectivity index (χ4n) is 4.45. The number of amides is 1. The van der Waals surface area contributed by atoms with E-state index in [1.165, 1.54) is 12.0 Å². The second-order valence-corrected chi connectivity index (χ2v) is 10.5. The Labute approximate surface area is 186 Å². The number of nitrogens with zero attached hydrogens (tertiary/aromatic N) is 1. The first-order valence-corrected chi connectivity index (χ1v) is 11.1. The molecular formula is C22H38BNO7. The quantitative estimate of drug-likeness (QED) is 0.340. The first-order chi connectivity index (χ1) is 14.2. The Morgan fingerprint density at radius 3 is 2.23 bits per heavy atom. The van der Waals surface area contributed by atoms with Gasteiger partial charge in [-0.25, -0.2) is 9.59 Å². The van der Waals surface area contributed by atoms with Crippen LogP contribution in [0.25, 0.3) is 0 Å². The molecule has 2 rings (SSSR count). The number of carbonyl (C=O) groups is 3. The van der Waals surface area contributed by atoms with Gasteiger partial charge in [-0.05, 0) is 73.5 Å². The van der Waals surface area contributed by atoms with Gasteiger partial charge in [0.05, 0.1) is 18.3 Å². The highest BCUT2D eigenvalue weighted by Gasteiger charge is 2.58. The predicted molar refractivity (Wildman–Crippen MR) is 117 cm³/mol. The Morgan fingerprint density at radius 1 is 1.16 bits per heavy atom. The van der Waals surface area contributed by atoms with Crippen LogP contribution in [-0.4, -0.2) is 66.4 Å². The van der Waals surface area contributed by atoms with Crippen LogP contribution in [0.15, 0.2) is 0 Å². The summed E-state index contributed by atoms with van der Waals surface area (Å²) in [5.41, 5.74) is -2.86. The summed E-state index contributed by atoms with van der Waals surface area (Å²) in [5, 5.41) is 0. The topological polar surface area (TPSA) is 91.4 Å². The molecule has 0 saturated carbocycles. The van der Waals surface area contributed by atoms with Crippen molar-refractivity contribution in [3.05, 3.63) is 0 Å². The number of esters is 1. The molecule has 0 N–H and O–H groups in total. The van der Waals surface area contributed by atoms with Crippen molar-refractivity contribution in [1.82, 2.24) is 4.90 Å². The van der Waals surface area contributed by atoms with Crippen molar-refractivity contribution in [1.29, 1.82) is 0 Å². The Morgan fingerprint density at radius 2 is 1.74 bits per heavy atom. The number of likely N-dealkylation sites (tertiary alicyclic amines) is 1. The molecule has 2 fully saturated rings. The third-order valence-corrected chi connectivity index (χ3v) is 6.70. The third kappa shape index (κ3) is 5.25. The van der Waals surface area contributed by atoms with E-state index < -0.39 is 34.4 Å². The van der Waals surface area contributed by atoms with Gasteiger partial charge in [0.1, 0.15) is 11.9 Å². The molecule has 9 heteroatoms. The summed E-state index contributed by atoms with van der Waals surface area (Å²) in [6, 6.07) is 0. The summed E-state index contributed by atoms with van der Waals surface area (Å²) in [4.78, 5) is 38.8. The normalized spacial score (nSPS) is 27.3. The molecule has 0 bridgehead atoms. The van der Waals surface area contributed by atoms with Gasteiger partial charge in [-0.1, -0.05) is 6.42 Å². The van der Waals surface area contributed by atoms with E-state index in [-0.39, 0.29) is 19.5 Å². The van der Waals surface area contributed by atoms with Crippen molar-refractivity contribution in [3.8, 4) is 0 Å². The summed E-state index contributed by atoms with van der Waals surface area (Å²) >= 11 is 0. The molecule has 2 unspecified atom stereocenters. The highest BCUT2D eigenvalue weighted by Crippen LogP contribution is 2.43. The van der Waals surface area contributed by atoms with Crippen molar-refractivity contribution in [2.24, 2.45) is 5.92 Å². The zero-order chi connectivity index (χ0) is 23.7. The van der Waals surface area contributed by atoms with Gasteiger partial charge < -0.3 is 23.6 Å². The van der Waals surface area contributed by atoms with Gasteiger partial charge in [-0.3, -0.25) is 4.90 Å². The lowest BCUT2D eigenvalue weighted by Crippen LogP contribution is -2.58. The molecule has 31 heavy (non-hydrogen) atoms. The van der Waals surface area contributed by atoms with Gasteiger partial charge in [0.25, 0.3) is 0 Å². The summed E-state index contributed by atoms with van der Waals surface area (Å²) in [5.74, 6) is -0.802. The maximum absolute atomic E-state index is 12.9. The highest BCUT2D eigenvalue weighted by molar-refractivity contribution is 6.45. The number of methoxy groups -OCH3 is 1. The van der Waals surface area contributed by atoms with E-state index >= 15 is 0 Å². The molecule has 0 spiro atoms. The van der Waals surface area contributed by atoms with Crippen LogP contribution in [0.3, 0.4) is 0 Å². The van der Waals surface area contributed by atoms with E-state index in [0.29, 0.717) is 32.0 Å². The second-order valence-electron chi connectivity index (χ2n) is 10.5. The molecule has 176 valence electrons. The fraction of sp³-hybridized carbons (Fsp3) is 0.864. The second kappa shape index (κ2) is 9.10. The van der Waals surface area contributed by atoms with Crippen molar-refractivity contribution in [2.75, 3.05) is 13.7 Å². The average Bonchev–Trinajstić information content (AvgIpc) is 3.08. The van der Waals surface area contributed by atoms with E-state index in [4.69, 9.17) is 18.8 Å². The van der Waals surface area contributed by atoms with Crippen LogP contribution in [0.5, 0.6) is 0 Å². The Kier molecular flexibility index (Phi) is 7.53. The predicted octanol–water partition coefficient (Wildman–Crippen LogP) is 3.62. The van der Waals surface area contributed by atoms with E-state index in [2.05, 4.69) is 0 Å². The van der Waals surface area contributed by atoms with Crippen molar-refractivity contribution in [3.63, 3.8) is 0 Å². The minimum atomic E-state index is -1.35. The lowest BCUT2D eigenvalue weighted by molar-refractivity contribution is -0.157. The lowest BCUT2D eigenvalue weighted by atomic mass is 9.75. The molecule has 1 amide bonds. The monoisotopic (exact) mass is 439 g/mol. The maximum atomic E-state index is 12.9. The molecule has 0 aliphatic carbocycles. The van der Waals surface area contributed by atoms with Crippen molar-refractivity contribution in [2.45, 2.75) is 103 Å². The molecule has 2 atom stereocenters. The van der Waals surface area contributed by atoms with Gasteiger partial charge in [-0.15, -0.1) is 0 Å². The summed E-state index contributed by atoms with van der Waals surface area (Å²) < 4.78 is 22.7. The molecule has 0 radical (unpaired) electrons. The van der Waals surface area contributed by atoms with Crippen LogP contribution >= 0.6 is 0 Å². The molecule has 0 aromatic rings. The van der Waals surface area contributed by atoms with Gasteiger partial charge >= 0.3 is 19.2 Å². The smallest absolute Gasteiger partial charge is 0.457 e. The third-order valence-electron chi connectivity index (χ3n) is 6.70. The Balaban J connectivity index is 2.15. The molecule has 0 aromatic heterocycles. The number of rotatable bonds is 7. The zero-order valence-corrected chi connectivity index (χ0v) is 20.3. The van der Waals surface area contributed by atoms with Crippen molar-refractivity contribution >= 4 is 25.5 Å². The molecular weight excluding hydrogens is 401 g/mol. The minimum Gasteiger partial charge on any atom is -0.467 e. The van der Waals surface area contributed by atoms with E-state index in [0.717, 1.165) is 6.42 Å². The standard InChI is InChI=1S/C22H38BNO7/c1-19(2,3)29-18(27)24-14-11-16(22(24,12-15-25)17(26)28-8)10-9-13-23-30-20(4,5)21(6,7)31-23/h15-16H,9-14H2,1-8H3. The number of carbonyl (C=O) groups excluding carboxylic acids is 3. The number of hydrogen-bond donors (Lipinski definition) is 0. The lowest BCUT2D eigenvalue weighted by Gasteiger charge is -2.39. The summed E-state index contributed by atoms with van der Waals surface area (Å²) in [6.45, 7) is 13.7. The van der Waals surface area contributed by atoms with E-state index in [9.17, 15) is 14.4 Å². The fourth-order valence-corrected chi connectivity index (χ4v) is 4.45. The van der Waals surface area contributed by atoms with Crippen molar-refractivity contribution < 1.29 is 33.2 Å². The van der Waals surface area contributed by atoms with Gasteiger partial charge in [-0.2, -0.15) is 0 Å². The first kappa shape index (κ1) is 25.7. The van der Waals surface area contributed by atoms with E-state index in [1.54, 1.807) is 20.8 Å². The van der Waals surface area contributed by atoms with Crippen LogP contribution in [0.4, 0.5) is 4.79 Å². The largest absolute Gasteiger partial charge is 0.467 e. The van der Waals surface area contributed by atoms with Crippen LogP contribution in [0.2, 0.25) is 6.32 Å². The van der Waals surface area contributed by atoms with Crippen LogP contribution in [0.1, 0.15) is 74.1 Å². The summed E-state index contributed by atoms with van der Waals surface area (Å²) in [6.07, 6.45) is 2.56. The molecule has 2 saturated heterocycles. The zero-order valence-electron chi connectivity index (χ0n) is 20.3. The number of aldehydes is 1. The molecule has 8 nitrogen and oxygen atoms in total. The maximum Gasteiger partial charge on any atom is 0.457 e. The van der Waals surface area contributed by atoms with Crippen LogP contribution < -0.4 is 0 Å².